The molecule has 13 heavy (non-hydrogen) atoms. The van der Waals surface area contributed by atoms with Gasteiger partial charge in [0.15, 0.2) is 0 Å². The highest BCUT2D eigenvalue weighted by atomic mass is 32.2. The number of hydrogen-bond donors (Lipinski definition) is 1. The van der Waals surface area contributed by atoms with Crippen molar-refractivity contribution < 1.29 is 4.74 Å². The Morgan fingerprint density at radius 1 is 1.54 bits per heavy atom. The molecule has 0 spiro atoms. The van der Waals surface area contributed by atoms with Gasteiger partial charge in [-0.05, 0) is 18.1 Å². The van der Waals surface area contributed by atoms with Crippen molar-refractivity contribution in [3.05, 3.63) is 23.8 Å². The minimum absolute atomic E-state index is 0.296. The monoisotopic (exact) mass is 195 g/mol. The van der Waals surface area contributed by atoms with Gasteiger partial charge in [0.1, 0.15) is 5.75 Å². The molecule has 0 aliphatic carbocycles. The smallest absolute Gasteiger partial charge is 0.132 e. The summed E-state index contributed by atoms with van der Waals surface area (Å²) in [4.78, 5) is 1.27. The van der Waals surface area contributed by atoms with Crippen LogP contribution in [0.25, 0.3) is 0 Å². The van der Waals surface area contributed by atoms with Crippen LogP contribution in [-0.4, -0.2) is 18.9 Å². The zero-order valence-electron chi connectivity index (χ0n) is 7.62. The van der Waals surface area contributed by atoms with Crippen molar-refractivity contribution in [3.63, 3.8) is 0 Å². The second-order valence-corrected chi connectivity index (χ2v) is 4.25. The van der Waals surface area contributed by atoms with Crippen LogP contribution in [0.15, 0.2) is 23.1 Å². The molecule has 0 fully saturated rings. The first-order chi connectivity index (χ1) is 6.31. The maximum absolute atomic E-state index is 5.88. The van der Waals surface area contributed by atoms with E-state index in [9.17, 15) is 0 Å². The molecule has 2 N–H and O–H groups in total. The average molecular weight is 195 g/mol. The summed E-state index contributed by atoms with van der Waals surface area (Å²) >= 11 is 1.80. The summed E-state index contributed by atoms with van der Waals surface area (Å²) in [5.74, 6) is 1.97. The summed E-state index contributed by atoms with van der Waals surface area (Å²) in [7, 11) is 1.71. The van der Waals surface area contributed by atoms with Gasteiger partial charge in [-0.2, -0.15) is 0 Å². The molecule has 0 radical (unpaired) electrons. The van der Waals surface area contributed by atoms with E-state index >= 15 is 0 Å². The van der Waals surface area contributed by atoms with Gasteiger partial charge >= 0.3 is 0 Å². The van der Waals surface area contributed by atoms with Crippen LogP contribution in [0, 0.1) is 0 Å². The SMILES string of the molecule is COc1cccc2c1SC[C@@H](N)C2. The third-order valence-electron chi connectivity index (χ3n) is 2.20. The number of fused-ring (bicyclic) bond motifs is 1. The zero-order valence-corrected chi connectivity index (χ0v) is 8.43. The standard InChI is InChI=1S/C10H13NOS/c1-12-9-4-2-3-7-5-8(11)6-13-10(7)9/h2-4,8H,5-6,11H2,1H3/t8-/m0/s1. The van der Waals surface area contributed by atoms with E-state index in [1.54, 1.807) is 18.9 Å². The van der Waals surface area contributed by atoms with Crippen LogP contribution in [0.5, 0.6) is 5.75 Å². The normalized spacial score (nSPS) is 20.9. The summed E-state index contributed by atoms with van der Waals surface area (Å²) < 4.78 is 5.29. The van der Waals surface area contributed by atoms with Gasteiger partial charge in [0, 0.05) is 11.8 Å². The molecule has 1 atom stereocenters. The second kappa shape index (κ2) is 3.60. The molecule has 0 bridgehead atoms. The van der Waals surface area contributed by atoms with Gasteiger partial charge < -0.3 is 10.5 Å². The third kappa shape index (κ3) is 1.67. The number of rotatable bonds is 1. The quantitative estimate of drug-likeness (QED) is 0.740. The summed E-state index contributed by atoms with van der Waals surface area (Å²) in [6.45, 7) is 0. The average Bonchev–Trinajstić information content (AvgIpc) is 2.16. The summed E-state index contributed by atoms with van der Waals surface area (Å²) in [5, 5.41) is 0. The van der Waals surface area contributed by atoms with Crippen molar-refractivity contribution in [1.29, 1.82) is 0 Å². The molecule has 1 aromatic carbocycles. The minimum atomic E-state index is 0.296. The van der Waals surface area contributed by atoms with Gasteiger partial charge in [0.25, 0.3) is 0 Å². The first-order valence-electron chi connectivity index (χ1n) is 4.35. The van der Waals surface area contributed by atoms with Crippen LogP contribution in [0.2, 0.25) is 0 Å². The number of ether oxygens (including phenoxy) is 1. The fourth-order valence-electron chi connectivity index (χ4n) is 1.58. The number of benzene rings is 1. The van der Waals surface area contributed by atoms with Crippen LogP contribution in [-0.2, 0) is 6.42 Å². The fraction of sp³-hybridized carbons (Fsp3) is 0.400. The van der Waals surface area contributed by atoms with Crippen molar-refractivity contribution in [2.75, 3.05) is 12.9 Å². The summed E-state index contributed by atoms with van der Waals surface area (Å²) in [6, 6.07) is 6.45. The molecule has 0 amide bonds. The molecular weight excluding hydrogens is 182 g/mol. The van der Waals surface area contributed by atoms with E-state index in [1.807, 2.05) is 12.1 Å². The highest BCUT2D eigenvalue weighted by Gasteiger charge is 2.18. The third-order valence-corrected chi connectivity index (χ3v) is 3.55. The van der Waals surface area contributed by atoms with Crippen LogP contribution >= 0.6 is 11.8 Å². The van der Waals surface area contributed by atoms with Crippen LogP contribution < -0.4 is 10.5 Å². The first-order valence-corrected chi connectivity index (χ1v) is 5.34. The van der Waals surface area contributed by atoms with Gasteiger partial charge in [-0.15, -0.1) is 11.8 Å². The van der Waals surface area contributed by atoms with Crippen molar-refractivity contribution in [3.8, 4) is 5.75 Å². The first kappa shape index (κ1) is 8.91. The Balaban J connectivity index is 2.39. The van der Waals surface area contributed by atoms with Gasteiger partial charge in [-0.3, -0.25) is 0 Å². The molecule has 0 aromatic heterocycles. The molecule has 0 unspecified atom stereocenters. The lowest BCUT2D eigenvalue weighted by atomic mass is 10.1. The molecule has 1 aliphatic heterocycles. The predicted molar refractivity (Wildman–Crippen MR) is 55.4 cm³/mol. The number of nitrogens with two attached hydrogens (primary N) is 1. The van der Waals surface area contributed by atoms with Crippen molar-refractivity contribution in [2.45, 2.75) is 17.4 Å². The van der Waals surface area contributed by atoms with Crippen molar-refractivity contribution in [2.24, 2.45) is 5.73 Å². The minimum Gasteiger partial charge on any atom is -0.496 e. The maximum Gasteiger partial charge on any atom is 0.132 e. The largest absolute Gasteiger partial charge is 0.496 e. The lowest BCUT2D eigenvalue weighted by Crippen LogP contribution is -2.28. The molecule has 70 valence electrons. The topological polar surface area (TPSA) is 35.2 Å². The van der Waals surface area contributed by atoms with Gasteiger partial charge in [0.05, 0.1) is 12.0 Å². The van der Waals surface area contributed by atoms with E-state index in [0.29, 0.717) is 6.04 Å². The Bertz CT molecular complexity index is 314. The summed E-state index contributed by atoms with van der Waals surface area (Å²) in [5.41, 5.74) is 7.20. The molecule has 1 aromatic rings. The van der Waals surface area contributed by atoms with E-state index in [4.69, 9.17) is 10.5 Å². The van der Waals surface area contributed by atoms with Crippen LogP contribution in [0.4, 0.5) is 0 Å². The predicted octanol–water partition coefficient (Wildman–Crippen LogP) is 1.67. The van der Waals surface area contributed by atoms with E-state index < -0.39 is 0 Å². The molecule has 2 rings (SSSR count). The summed E-state index contributed by atoms with van der Waals surface area (Å²) in [6.07, 6.45) is 0.972. The Morgan fingerprint density at radius 2 is 2.38 bits per heavy atom. The Morgan fingerprint density at radius 3 is 3.15 bits per heavy atom. The zero-order chi connectivity index (χ0) is 9.26. The van der Waals surface area contributed by atoms with E-state index in [2.05, 4.69) is 6.07 Å². The molecular formula is C10H13NOS. The number of hydrogen-bond acceptors (Lipinski definition) is 3. The lowest BCUT2D eigenvalue weighted by molar-refractivity contribution is 0.403. The molecule has 0 saturated heterocycles. The molecule has 2 nitrogen and oxygen atoms in total. The fourth-order valence-corrected chi connectivity index (χ4v) is 2.71. The maximum atomic E-state index is 5.88. The van der Waals surface area contributed by atoms with E-state index in [0.717, 1.165) is 17.9 Å². The molecule has 3 heteroatoms. The number of methoxy groups -OCH3 is 1. The van der Waals surface area contributed by atoms with E-state index in [-0.39, 0.29) is 0 Å². The molecule has 0 saturated carbocycles. The van der Waals surface area contributed by atoms with Gasteiger partial charge in [-0.25, -0.2) is 0 Å². The van der Waals surface area contributed by atoms with Crippen LogP contribution in [0.1, 0.15) is 5.56 Å². The Kier molecular flexibility index (Phi) is 2.47. The Hall–Kier alpha value is -0.670. The molecule has 1 heterocycles. The van der Waals surface area contributed by atoms with Crippen molar-refractivity contribution in [1.82, 2.24) is 0 Å². The lowest BCUT2D eigenvalue weighted by Gasteiger charge is -2.22. The van der Waals surface area contributed by atoms with Gasteiger partial charge in [0.2, 0.25) is 0 Å². The second-order valence-electron chi connectivity index (χ2n) is 3.22. The molecule has 1 aliphatic rings. The Labute approximate surface area is 82.5 Å². The highest BCUT2D eigenvalue weighted by molar-refractivity contribution is 7.99. The van der Waals surface area contributed by atoms with E-state index in [1.165, 1.54) is 10.5 Å². The van der Waals surface area contributed by atoms with Crippen LogP contribution in [0.3, 0.4) is 0 Å². The van der Waals surface area contributed by atoms with Gasteiger partial charge in [-0.1, -0.05) is 12.1 Å². The number of thioether (sulfide) groups is 1. The van der Waals surface area contributed by atoms with Crippen molar-refractivity contribution >= 4 is 11.8 Å². The highest BCUT2D eigenvalue weighted by Crippen LogP contribution is 2.36.